The predicted molar refractivity (Wildman–Crippen MR) is 72.9 cm³/mol. The van der Waals surface area contributed by atoms with Gasteiger partial charge in [-0.2, -0.15) is 5.26 Å². The molecule has 2 aromatic rings. The molecule has 0 fully saturated rings. The van der Waals surface area contributed by atoms with E-state index in [0.717, 1.165) is 11.3 Å². The molecule has 19 heavy (non-hydrogen) atoms. The van der Waals surface area contributed by atoms with E-state index in [9.17, 15) is 4.79 Å². The summed E-state index contributed by atoms with van der Waals surface area (Å²) in [5.41, 5.74) is 2.65. The third kappa shape index (κ3) is 2.61. The molecule has 0 saturated carbocycles. The van der Waals surface area contributed by atoms with Crippen molar-refractivity contribution in [3.63, 3.8) is 0 Å². The predicted octanol–water partition coefficient (Wildman–Crippen LogP) is 2.54. The number of hydrogen-bond acceptors (Lipinski definition) is 3. The molecule has 1 aromatic carbocycles. The van der Waals surface area contributed by atoms with Gasteiger partial charge in [-0.3, -0.25) is 4.79 Å². The van der Waals surface area contributed by atoms with Gasteiger partial charge in [-0.05, 0) is 30.7 Å². The molecule has 0 bridgehead atoms. The number of aryl methyl sites for hydroxylation is 1. The van der Waals surface area contributed by atoms with E-state index >= 15 is 0 Å². The van der Waals surface area contributed by atoms with Crippen LogP contribution < -0.4 is 4.90 Å². The lowest BCUT2D eigenvalue weighted by molar-refractivity contribution is 0.0992. The highest BCUT2D eigenvalue weighted by atomic mass is 16.2. The van der Waals surface area contributed by atoms with Crippen LogP contribution in [-0.2, 0) is 0 Å². The van der Waals surface area contributed by atoms with Gasteiger partial charge in [0.1, 0.15) is 11.8 Å². The summed E-state index contributed by atoms with van der Waals surface area (Å²) in [6.45, 7) is 1.95. The highest BCUT2D eigenvalue weighted by molar-refractivity contribution is 6.05. The van der Waals surface area contributed by atoms with Crippen molar-refractivity contribution in [3.05, 3.63) is 59.4 Å². The molecule has 0 N–H and O–H groups in total. The fraction of sp³-hybridized carbons (Fsp3) is 0.133. The van der Waals surface area contributed by atoms with Crippen LogP contribution in [0.5, 0.6) is 0 Å². The summed E-state index contributed by atoms with van der Waals surface area (Å²) in [7, 11) is 1.73. The van der Waals surface area contributed by atoms with E-state index in [1.165, 1.54) is 6.20 Å². The number of amides is 1. The highest BCUT2D eigenvalue weighted by Gasteiger charge is 2.15. The van der Waals surface area contributed by atoms with Gasteiger partial charge in [-0.25, -0.2) is 4.98 Å². The van der Waals surface area contributed by atoms with Gasteiger partial charge in [0.2, 0.25) is 0 Å². The van der Waals surface area contributed by atoms with E-state index in [2.05, 4.69) is 4.98 Å². The molecule has 0 atom stereocenters. The number of anilines is 1. The third-order valence-electron chi connectivity index (χ3n) is 2.91. The van der Waals surface area contributed by atoms with Crippen molar-refractivity contribution in [2.75, 3.05) is 11.9 Å². The minimum absolute atomic E-state index is 0.147. The van der Waals surface area contributed by atoms with Gasteiger partial charge in [-0.1, -0.05) is 18.2 Å². The number of rotatable bonds is 2. The molecule has 0 spiro atoms. The molecular formula is C15H13N3O. The van der Waals surface area contributed by atoms with Crippen LogP contribution in [-0.4, -0.2) is 17.9 Å². The van der Waals surface area contributed by atoms with Crippen LogP contribution in [0.25, 0.3) is 0 Å². The van der Waals surface area contributed by atoms with E-state index in [1.807, 2.05) is 37.3 Å². The molecule has 4 heteroatoms. The van der Waals surface area contributed by atoms with E-state index < -0.39 is 0 Å². The van der Waals surface area contributed by atoms with Gasteiger partial charge in [0.15, 0.2) is 0 Å². The Hall–Kier alpha value is -2.67. The van der Waals surface area contributed by atoms with Crippen molar-refractivity contribution in [2.24, 2.45) is 0 Å². The zero-order chi connectivity index (χ0) is 13.8. The SMILES string of the molecule is Cc1ccccc1N(C)C(=O)c1ccc(C#N)nc1. The van der Waals surface area contributed by atoms with Crippen molar-refractivity contribution < 1.29 is 4.79 Å². The first-order chi connectivity index (χ1) is 9.13. The van der Waals surface area contributed by atoms with Gasteiger partial charge in [0.05, 0.1) is 5.56 Å². The summed E-state index contributed by atoms with van der Waals surface area (Å²) in [6, 6.07) is 12.8. The Bertz CT molecular complexity index is 641. The second-order valence-electron chi connectivity index (χ2n) is 4.19. The number of nitrogens with zero attached hydrogens (tertiary/aromatic N) is 3. The maximum Gasteiger partial charge on any atom is 0.259 e. The Labute approximate surface area is 111 Å². The maximum atomic E-state index is 12.3. The average Bonchev–Trinajstić information content (AvgIpc) is 2.46. The third-order valence-corrected chi connectivity index (χ3v) is 2.91. The fourth-order valence-electron chi connectivity index (χ4n) is 1.83. The molecule has 1 aromatic heterocycles. The minimum Gasteiger partial charge on any atom is -0.311 e. The van der Waals surface area contributed by atoms with Crippen molar-refractivity contribution in [1.82, 2.24) is 4.98 Å². The monoisotopic (exact) mass is 251 g/mol. The summed E-state index contributed by atoms with van der Waals surface area (Å²) in [4.78, 5) is 17.8. The molecule has 4 nitrogen and oxygen atoms in total. The smallest absolute Gasteiger partial charge is 0.259 e. The number of nitriles is 1. The Kier molecular flexibility index (Phi) is 3.58. The van der Waals surface area contributed by atoms with Gasteiger partial charge in [-0.15, -0.1) is 0 Å². The summed E-state index contributed by atoms with van der Waals surface area (Å²) in [5, 5.41) is 8.68. The van der Waals surface area contributed by atoms with Gasteiger partial charge in [0, 0.05) is 18.9 Å². The average molecular weight is 251 g/mol. The van der Waals surface area contributed by atoms with Crippen LogP contribution >= 0.6 is 0 Å². The molecule has 1 amide bonds. The van der Waals surface area contributed by atoms with Gasteiger partial charge >= 0.3 is 0 Å². The van der Waals surface area contributed by atoms with Crippen molar-refractivity contribution >= 4 is 11.6 Å². The largest absolute Gasteiger partial charge is 0.311 e. The second-order valence-corrected chi connectivity index (χ2v) is 4.19. The fourth-order valence-corrected chi connectivity index (χ4v) is 1.83. The minimum atomic E-state index is -0.147. The van der Waals surface area contributed by atoms with Gasteiger partial charge in [0.25, 0.3) is 5.91 Å². The number of para-hydroxylation sites is 1. The normalized spacial score (nSPS) is 9.74. The van der Waals surface area contributed by atoms with Crippen LogP contribution in [0.3, 0.4) is 0 Å². The summed E-state index contributed by atoms with van der Waals surface area (Å²) < 4.78 is 0. The quantitative estimate of drug-likeness (QED) is 0.824. The number of hydrogen-bond donors (Lipinski definition) is 0. The molecule has 0 unspecified atom stereocenters. The van der Waals surface area contributed by atoms with E-state index in [4.69, 9.17) is 5.26 Å². The Balaban J connectivity index is 2.29. The summed E-state index contributed by atoms with van der Waals surface area (Å²) >= 11 is 0. The van der Waals surface area contributed by atoms with Crippen LogP contribution in [0.4, 0.5) is 5.69 Å². The van der Waals surface area contributed by atoms with Crippen LogP contribution in [0.15, 0.2) is 42.6 Å². The zero-order valence-electron chi connectivity index (χ0n) is 10.8. The number of benzene rings is 1. The molecule has 94 valence electrons. The lowest BCUT2D eigenvalue weighted by atomic mass is 10.1. The first-order valence-corrected chi connectivity index (χ1v) is 5.83. The number of carbonyl (C=O) groups is 1. The standard InChI is InChI=1S/C15H13N3O/c1-11-5-3-4-6-14(11)18(2)15(19)12-7-8-13(9-16)17-10-12/h3-8,10H,1-2H3. The van der Waals surface area contributed by atoms with Gasteiger partial charge < -0.3 is 4.90 Å². The Morgan fingerprint density at radius 1 is 1.26 bits per heavy atom. The number of aromatic nitrogens is 1. The van der Waals surface area contributed by atoms with Crippen LogP contribution in [0, 0.1) is 18.3 Å². The molecule has 0 saturated heterocycles. The number of carbonyl (C=O) groups excluding carboxylic acids is 1. The second kappa shape index (κ2) is 5.32. The van der Waals surface area contributed by atoms with Crippen LogP contribution in [0.1, 0.15) is 21.6 Å². The summed E-state index contributed by atoms with van der Waals surface area (Å²) in [6.07, 6.45) is 1.43. The van der Waals surface area contributed by atoms with E-state index in [1.54, 1.807) is 24.1 Å². The van der Waals surface area contributed by atoms with Crippen molar-refractivity contribution in [3.8, 4) is 6.07 Å². The molecule has 2 rings (SSSR count). The Morgan fingerprint density at radius 3 is 2.58 bits per heavy atom. The first kappa shape index (κ1) is 12.8. The topological polar surface area (TPSA) is 57.0 Å². The van der Waals surface area contributed by atoms with E-state index in [-0.39, 0.29) is 5.91 Å². The summed E-state index contributed by atoms with van der Waals surface area (Å²) in [5.74, 6) is -0.147. The highest BCUT2D eigenvalue weighted by Crippen LogP contribution is 2.19. The van der Waals surface area contributed by atoms with Crippen molar-refractivity contribution in [1.29, 1.82) is 5.26 Å². The molecular weight excluding hydrogens is 238 g/mol. The first-order valence-electron chi connectivity index (χ1n) is 5.83. The zero-order valence-corrected chi connectivity index (χ0v) is 10.8. The lowest BCUT2D eigenvalue weighted by Crippen LogP contribution is -2.27. The lowest BCUT2D eigenvalue weighted by Gasteiger charge is -2.19. The molecule has 0 aliphatic rings. The molecule has 0 radical (unpaired) electrons. The molecule has 1 heterocycles. The van der Waals surface area contributed by atoms with Crippen molar-refractivity contribution in [2.45, 2.75) is 6.92 Å². The van der Waals surface area contributed by atoms with Crippen LogP contribution in [0.2, 0.25) is 0 Å². The van der Waals surface area contributed by atoms with E-state index in [0.29, 0.717) is 11.3 Å². The molecule has 0 aliphatic carbocycles. The Morgan fingerprint density at radius 2 is 2.00 bits per heavy atom. The maximum absolute atomic E-state index is 12.3. The molecule has 0 aliphatic heterocycles. The number of pyridine rings is 1.